The zero-order chi connectivity index (χ0) is 20.1. The lowest BCUT2D eigenvalue weighted by Crippen LogP contribution is -2.24. The van der Waals surface area contributed by atoms with E-state index in [4.69, 9.17) is 0 Å². The molecule has 2 aromatic rings. The summed E-state index contributed by atoms with van der Waals surface area (Å²) in [6.07, 6.45) is 2.02. The van der Waals surface area contributed by atoms with Gasteiger partial charge in [-0.15, -0.1) is 0 Å². The van der Waals surface area contributed by atoms with Crippen LogP contribution < -0.4 is 15.5 Å². The number of nitrogens with zero attached hydrogens (tertiary/aromatic N) is 2. The zero-order valence-electron chi connectivity index (χ0n) is 15.6. The SMILES string of the molecule is CNC(=O)c1cccc(CNC(=O)c2ccc(N3CCCC3)c([N+](=O)[O-])c2)c1. The van der Waals surface area contributed by atoms with E-state index >= 15 is 0 Å². The molecule has 1 fully saturated rings. The molecule has 0 aliphatic carbocycles. The third-order valence-electron chi connectivity index (χ3n) is 4.75. The Hall–Kier alpha value is -3.42. The lowest BCUT2D eigenvalue weighted by atomic mass is 10.1. The molecule has 1 aliphatic heterocycles. The second-order valence-electron chi connectivity index (χ2n) is 6.62. The first-order chi connectivity index (χ1) is 13.5. The maximum Gasteiger partial charge on any atom is 0.293 e. The molecule has 2 amide bonds. The Morgan fingerprint density at radius 1 is 1.07 bits per heavy atom. The molecule has 0 spiro atoms. The first-order valence-corrected chi connectivity index (χ1v) is 9.12. The van der Waals surface area contributed by atoms with E-state index in [-0.39, 0.29) is 23.7 Å². The van der Waals surface area contributed by atoms with E-state index < -0.39 is 10.8 Å². The maximum atomic E-state index is 12.5. The van der Waals surface area contributed by atoms with Crippen LogP contribution >= 0.6 is 0 Å². The van der Waals surface area contributed by atoms with E-state index in [1.807, 2.05) is 4.90 Å². The van der Waals surface area contributed by atoms with Gasteiger partial charge in [0, 0.05) is 43.9 Å². The fourth-order valence-electron chi connectivity index (χ4n) is 3.29. The van der Waals surface area contributed by atoms with Crippen molar-refractivity contribution in [3.8, 4) is 0 Å². The zero-order valence-corrected chi connectivity index (χ0v) is 15.6. The number of hydrogen-bond acceptors (Lipinski definition) is 5. The molecule has 0 bridgehead atoms. The van der Waals surface area contributed by atoms with Gasteiger partial charge in [-0.05, 0) is 42.7 Å². The smallest absolute Gasteiger partial charge is 0.293 e. The molecular weight excluding hydrogens is 360 g/mol. The fraction of sp³-hybridized carbons (Fsp3) is 0.300. The van der Waals surface area contributed by atoms with Gasteiger partial charge in [0.2, 0.25) is 0 Å². The molecule has 146 valence electrons. The third-order valence-corrected chi connectivity index (χ3v) is 4.75. The predicted molar refractivity (Wildman–Crippen MR) is 106 cm³/mol. The molecule has 0 radical (unpaired) electrons. The number of nitro benzene ring substituents is 1. The third kappa shape index (κ3) is 4.28. The molecule has 0 atom stereocenters. The normalized spacial score (nSPS) is 13.2. The van der Waals surface area contributed by atoms with E-state index in [2.05, 4.69) is 10.6 Å². The Labute approximate surface area is 162 Å². The van der Waals surface area contributed by atoms with Crippen LogP contribution in [-0.4, -0.2) is 36.9 Å². The van der Waals surface area contributed by atoms with Crippen molar-refractivity contribution in [1.82, 2.24) is 10.6 Å². The number of benzene rings is 2. The van der Waals surface area contributed by atoms with Gasteiger partial charge in [-0.2, -0.15) is 0 Å². The highest BCUT2D eigenvalue weighted by Crippen LogP contribution is 2.31. The Bertz CT molecular complexity index is 907. The van der Waals surface area contributed by atoms with Crippen molar-refractivity contribution in [1.29, 1.82) is 0 Å². The Kier molecular flexibility index (Phi) is 5.88. The molecule has 0 aromatic heterocycles. The first kappa shape index (κ1) is 19.3. The molecule has 8 heteroatoms. The van der Waals surface area contributed by atoms with Gasteiger partial charge in [-0.25, -0.2) is 0 Å². The quantitative estimate of drug-likeness (QED) is 0.590. The van der Waals surface area contributed by atoms with Crippen molar-refractivity contribution in [2.24, 2.45) is 0 Å². The number of nitrogens with one attached hydrogen (secondary N) is 2. The highest BCUT2D eigenvalue weighted by Gasteiger charge is 2.23. The van der Waals surface area contributed by atoms with Gasteiger partial charge >= 0.3 is 0 Å². The summed E-state index contributed by atoms with van der Waals surface area (Å²) in [4.78, 5) is 37.2. The van der Waals surface area contributed by atoms with Crippen molar-refractivity contribution in [2.75, 3.05) is 25.0 Å². The van der Waals surface area contributed by atoms with Gasteiger partial charge in [-0.3, -0.25) is 19.7 Å². The molecule has 3 rings (SSSR count). The second-order valence-corrected chi connectivity index (χ2v) is 6.62. The molecular formula is C20H22N4O4. The van der Waals surface area contributed by atoms with Crippen molar-refractivity contribution < 1.29 is 14.5 Å². The van der Waals surface area contributed by atoms with Gasteiger partial charge in [0.25, 0.3) is 17.5 Å². The van der Waals surface area contributed by atoms with Crippen LogP contribution in [0.15, 0.2) is 42.5 Å². The van der Waals surface area contributed by atoms with Gasteiger partial charge in [-0.1, -0.05) is 12.1 Å². The fourth-order valence-corrected chi connectivity index (χ4v) is 3.29. The van der Waals surface area contributed by atoms with Crippen LogP contribution in [0.5, 0.6) is 0 Å². The Morgan fingerprint density at radius 2 is 1.79 bits per heavy atom. The monoisotopic (exact) mass is 382 g/mol. The number of hydrogen-bond donors (Lipinski definition) is 2. The molecule has 0 saturated carbocycles. The average Bonchev–Trinajstić information content (AvgIpc) is 3.25. The van der Waals surface area contributed by atoms with Crippen LogP contribution in [0.2, 0.25) is 0 Å². The van der Waals surface area contributed by atoms with E-state index in [0.717, 1.165) is 31.5 Å². The summed E-state index contributed by atoms with van der Waals surface area (Å²) in [6, 6.07) is 11.5. The van der Waals surface area contributed by atoms with Crippen molar-refractivity contribution in [3.63, 3.8) is 0 Å². The molecule has 1 heterocycles. The largest absolute Gasteiger partial charge is 0.366 e. The number of carbonyl (C=O) groups is 2. The Balaban J connectivity index is 1.73. The van der Waals surface area contributed by atoms with Crippen molar-refractivity contribution in [2.45, 2.75) is 19.4 Å². The molecule has 2 aromatic carbocycles. The molecule has 8 nitrogen and oxygen atoms in total. The summed E-state index contributed by atoms with van der Waals surface area (Å²) in [5, 5.41) is 16.8. The highest BCUT2D eigenvalue weighted by molar-refractivity contribution is 5.96. The Morgan fingerprint density at radius 3 is 2.46 bits per heavy atom. The minimum Gasteiger partial charge on any atom is -0.366 e. The summed E-state index contributed by atoms with van der Waals surface area (Å²) in [5.74, 6) is -0.609. The minimum atomic E-state index is -0.447. The number of amides is 2. The van der Waals surface area contributed by atoms with Crippen LogP contribution in [0.3, 0.4) is 0 Å². The summed E-state index contributed by atoms with van der Waals surface area (Å²) >= 11 is 0. The van der Waals surface area contributed by atoms with Crippen LogP contribution in [0.25, 0.3) is 0 Å². The maximum absolute atomic E-state index is 12.5. The van der Waals surface area contributed by atoms with E-state index in [9.17, 15) is 19.7 Å². The van der Waals surface area contributed by atoms with Crippen LogP contribution in [0.1, 0.15) is 39.1 Å². The van der Waals surface area contributed by atoms with Gasteiger partial charge < -0.3 is 15.5 Å². The van der Waals surface area contributed by atoms with E-state index in [0.29, 0.717) is 11.3 Å². The summed E-state index contributed by atoms with van der Waals surface area (Å²) in [5.41, 5.74) is 1.99. The lowest BCUT2D eigenvalue weighted by molar-refractivity contribution is -0.384. The molecule has 0 unspecified atom stereocenters. The van der Waals surface area contributed by atoms with Crippen LogP contribution in [0, 0.1) is 10.1 Å². The van der Waals surface area contributed by atoms with Crippen molar-refractivity contribution >= 4 is 23.2 Å². The first-order valence-electron chi connectivity index (χ1n) is 9.12. The van der Waals surface area contributed by atoms with Gasteiger partial charge in [0.1, 0.15) is 5.69 Å². The number of anilines is 1. The molecule has 1 aliphatic rings. The van der Waals surface area contributed by atoms with Gasteiger partial charge in [0.15, 0.2) is 0 Å². The standard InChI is InChI=1S/C20H22N4O4/c1-21-19(25)15-6-4-5-14(11-15)13-22-20(26)16-7-8-17(18(12-16)24(27)28)23-9-2-3-10-23/h4-8,11-12H,2-3,9-10,13H2,1H3,(H,21,25)(H,22,26). The van der Waals surface area contributed by atoms with Crippen LogP contribution in [0.4, 0.5) is 11.4 Å². The minimum absolute atomic E-state index is 0.0591. The highest BCUT2D eigenvalue weighted by atomic mass is 16.6. The van der Waals surface area contributed by atoms with Crippen LogP contribution in [-0.2, 0) is 6.54 Å². The number of carbonyl (C=O) groups excluding carboxylic acids is 2. The van der Waals surface area contributed by atoms with Gasteiger partial charge in [0.05, 0.1) is 4.92 Å². The second kappa shape index (κ2) is 8.51. The molecule has 2 N–H and O–H groups in total. The summed E-state index contributed by atoms with van der Waals surface area (Å²) in [7, 11) is 1.55. The van der Waals surface area contributed by atoms with E-state index in [1.165, 1.54) is 6.07 Å². The number of nitro groups is 1. The number of rotatable bonds is 6. The summed E-state index contributed by atoms with van der Waals surface area (Å²) in [6.45, 7) is 1.79. The van der Waals surface area contributed by atoms with Crippen molar-refractivity contribution in [3.05, 3.63) is 69.3 Å². The predicted octanol–water partition coefficient (Wildman–Crippen LogP) is 2.48. The topological polar surface area (TPSA) is 105 Å². The molecule has 1 saturated heterocycles. The lowest BCUT2D eigenvalue weighted by Gasteiger charge is -2.17. The van der Waals surface area contributed by atoms with E-state index in [1.54, 1.807) is 43.4 Å². The summed E-state index contributed by atoms with van der Waals surface area (Å²) < 4.78 is 0. The average molecular weight is 382 g/mol. The molecule has 28 heavy (non-hydrogen) atoms.